The van der Waals surface area contributed by atoms with Crippen LogP contribution in [0.2, 0.25) is 0 Å². The third-order valence-electron chi connectivity index (χ3n) is 3.07. The molecular weight excluding hydrogens is 159 g/mol. The van der Waals surface area contributed by atoms with Gasteiger partial charge >= 0.3 is 0 Å². The van der Waals surface area contributed by atoms with Gasteiger partial charge in [0.2, 0.25) is 0 Å². The molecule has 0 aromatic heterocycles. The summed E-state index contributed by atoms with van der Waals surface area (Å²) in [5.74, 6) is 2.28. The Bertz CT molecular complexity index is 128. The molecule has 3 atom stereocenters. The SMILES string of the molecule is BN(C)C[C@H](C)C(C)C(C)CCN. The quantitative estimate of drug-likeness (QED) is 0.616. The zero-order chi connectivity index (χ0) is 10.4. The number of hydrogen-bond donors (Lipinski definition) is 1. The van der Waals surface area contributed by atoms with E-state index >= 15 is 0 Å². The molecule has 3 heteroatoms. The van der Waals surface area contributed by atoms with Gasteiger partial charge in [0.1, 0.15) is 0 Å². The van der Waals surface area contributed by atoms with Crippen molar-refractivity contribution in [1.29, 1.82) is 0 Å². The van der Waals surface area contributed by atoms with Gasteiger partial charge in [-0.2, -0.15) is 0 Å². The van der Waals surface area contributed by atoms with Crippen molar-refractivity contribution < 1.29 is 0 Å². The summed E-state index contributed by atoms with van der Waals surface area (Å²) in [6.45, 7) is 8.98. The van der Waals surface area contributed by atoms with Crippen molar-refractivity contribution in [2.75, 3.05) is 20.1 Å². The van der Waals surface area contributed by atoms with Crippen LogP contribution in [-0.4, -0.2) is 32.9 Å². The van der Waals surface area contributed by atoms with Crippen molar-refractivity contribution >= 4 is 7.98 Å². The van der Waals surface area contributed by atoms with Gasteiger partial charge in [-0.15, -0.1) is 0 Å². The highest BCUT2D eigenvalue weighted by molar-refractivity contribution is 6.04. The lowest BCUT2D eigenvalue weighted by molar-refractivity contribution is 0.241. The van der Waals surface area contributed by atoms with Gasteiger partial charge in [-0.1, -0.05) is 20.8 Å². The summed E-state index contributed by atoms with van der Waals surface area (Å²) in [5.41, 5.74) is 5.56. The molecule has 2 N–H and O–H groups in total. The number of nitrogens with two attached hydrogens (primary N) is 1. The van der Waals surface area contributed by atoms with Crippen LogP contribution in [0, 0.1) is 17.8 Å². The molecule has 0 bridgehead atoms. The van der Waals surface area contributed by atoms with Gasteiger partial charge in [0.25, 0.3) is 0 Å². The third kappa shape index (κ3) is 5.32. The standard InChI is InChI=1S/C10H25BN2/c1-8(5-6-12)10(3)9(2)7-13(4)11/h8-10H,5-7,11-12H2,1-4H3/t8?,9-,10?/m0/s1. The van der Waals surface area contributed by atoms with Crippen molar-refractivity contribution in [3.05, 3.63) is 0 Å². The Labute approximate surface area is 84.3 Å². The molecule has 0 aliphatic rings. The maximum absolute atomic E-state index is 5.56. The first-order valence-corrected chi connectivity index (χ1v) is 5.33. The van der Waals surface area contributed by atoms with Gasteiger partial charge in [0.05, 0.1) is 0 Å². The van der Waals surface area contributed by atoms with E-state index < -0.39 is 0 Å². The molecule has 0 aliphatic heterocycles. The number of rotatable bonds is 6. The van der Waals surface area contributed by atoms with E-state index in [9.17, 15) is 0 Å². The van der Waals surface area contributed by atoms with Crippen molar-refractivity contribution in [3.8, 4) is 0 Å². The summed E-state index contributed by atoms with van der Waals surface area (Å²) in [7, 11) is 4.27. The van der Waals surface area contributed by atoms with Crippen LogP contribution < -0.4 is 5.73 Å². The molecule has 0 rings (SSSR count). The third-order valence-corrected chi connectivity index (χ3v) is 3.07. The molecule has 0 saturated heterocycles. The lowest BCUT2D eigenvalue weighted by Crippen LogP contribution is -2.29. The Balaban J connectivity index is 3.85. The summed E-state index contributed by atoms with van der Waals surface area (Å²) in [4.78, 5) is 2.26. The summed E-state index contributed by atoms with van der Waals surface area (Å²) in [5, 5.41) is 0. The van der Waals surface area contributed by atoms with Gasteiger partial charge < -0.3 is 10.5 Å². The molecule has 0 fully saturated rings. The van der Waals surface area contributed by atoms with Crippen molar-refractivity contribution in [3.63, 3.8) is 0 Å². The van der Waals surface area contributed by atoms with Crippen LogP contribution in [0.4, 0.5) is 0 Å². The van der Waals surface area contributed by atoms with E-state index in [1.165, 1.54) is 6.54 Å². The van der Waals surface area contributed by atoms with Crippen LogP contribution in [-0.2, 0) is 0 Å². The average molecular weight is 184 g/mol. The van der Waals surface area contributed by atoms with Gasteiger partial charge in [-0.25, -0.2) is 0 Å². The molecule has 0 heterocycles. The van der Waals surface area contributed by atoms with E-state index in [2.05, 4.69) is 40.6 Å². The lowest BCUT2D eigenvalue weighted by atomic mass is 9.82. The predicted molar refractivity (Wildman–Crippen MR) is 62.3 cm³/mol. The second-order valence-corrected chi connectivity index (χ2v) is 4.65. The molecule has 0 radical (unpaired) electrons. The topological polar surface area (TPSA) is 29.3 Å². The molecule has 78 valence electrons. The van der Waals surface area contributed by atoms with E-state index in [1.54, 1.807) is 0 Å². The number of nitrogens with zero attached hydrogens (tertiary/aromatic N) is 1. The van der Waals surface area contributed by atoms with Crippen LogP contribution in [0.25, 0.3) is 0 Å². The molecule has 0 spiro atoms. The minimum absolute atomic E-state index is 0.750. The molecule has 0 aromatic carbocycles. The first kappa shape index (κ1) is 13.0. The van der Waals surface area contributed by atoms with Crippen LogP contribution in [0.3, 0.4) is 0 Å². The zero-order valence-corrected chi connectivity index (χ0v) is 9.88. The van der Waals surface area contributed by atoms with Gasteiger partial charge in [-0.3, -0.25) is 0 Å². The lowest BCUT2D eigenvalue weighted by Gasteiger charge is -2.28. The van der Waals surface area contributed by atoms with E-state index in [0.717, 1.165) is 30.7 Å². The highest BCUT2D eigenvalue weighted by atomic mass is 15.0. The van der Waals surface area contributed by atoms with Gasteiger partial charge in [-0.05, 0) is 44.3 Å². The first-order valence-electron chi connectivity index (χ1n) is 5.33. The van der Waals surface area contributed by atoms with Crippen molar-refractivity contribution in [2.24, 2.45) is 23.5 Å². The van der Waals surface area contributed by atoms with E-state index in [-0.39, 0.29) is 0 Å². The fourth-order valence-electron chi connectivity index (χ4n) is 1.83. The summed E-state index contributed by atoms with van der Waals surface area (Å²) >= 11 is 0. The molecular formula is C10H25BN2. The van der Waals surface area contributed by atoms with Crippen LogP contribution in [0.15, 0.2) is 0 Å². The monoisotopic (exact) mass is 184 g/mol. The Hall–Kier alpha value is -0.0151. The molecule has 2 unspecified atom stereocenters. The fraction of sp³-hybridized carbons (Fsp3) is 1.00. The highest BCUT2D eigenvalue weighted by Crippen LogP contribution is 2.22. The predicted octanol–water partition coefficient (Wildman–Crippen LogP) is 0.723. The van der Waals surface area contributed by atoms with Gasteiger partial charge in [0.15, 0.2) is 7.98 Å². The Morgan fingerprint density at radius 1 is 1.23 bits per heavy atom. The second kappa shape index (κ2) is 6.44. The molecule has 0 saturated carbocycles. The number of hydrogen-bond acceptors (Lipinski definition) is 2. The first-order chi connectivity index (χ1) is 5.99. The van der Waals surface area contributed by atoms with Crippen molar-refractivity contribution in [1.82, 2.24) is 4.81 Å². The van der Waals surface area contributed by atoms with Crippen LogP contribution >= 0.6 is 0 Å². The van der Waals surface area contributed by atoms with E-state index in [0.29, 0.717) is 0 Å². The largest absolute Gasteiger partial charge is 0.351 e. The maximum Gasteiger partial charge on any atom is 0.185 e. The second-order valence-electron chi connectivity index (χ2n) is 4.65. The molecule has 0 aromatic rings. The van der Waals surface area contributed by atoms with Crippen molar-refractivity contribution in [2.45, 2.75) is 27.2 Å². The summed E-state index contributed by atoms with van der Waals surface area (Å²) < 4.78 is 0. The fourth-order valence-corrected chi connectivity index (χ4v) is 1.83. The molecule has 0 amide bonds. The Kier molecular flexibility index (Phi) is 6.43. The Morgan fingerprint density at radius 2 is 1.77 bits per heavy atom. The van der Waals surface area contributed by atoms with Crippen LogP contribution in [0.5, 0.6) is 0 Å². The maximum atomic E-state index is 5.56. The Morgan fingerprint density at radius 3 is 2.15 bits per heavy atom. The van der Waals surface area contributed by atoms with Crippen LogP contribution in [0.1, 0.15) is 27.2 Å². The smallest absolute Gasteiger partial charge is 0.185 e. The zero-order valence-electron chi connectivity index (χ0n) is 9.88. The van der Waals surface area contributed by atoms with E-state index in [1.807, 2.05) is 0 Å². The normalized spacial score (nSPS) is 18.6. The average Bonchev–Trinajstić information content (AvgIpc) is 2.02. The summed E-state index contributed by atoms with van der Waals surface area (Å²) in [6.07, 6.45) is 1.15. The summed E-state index contributed by atoms with van der Waals surface area (Å²) in [6, 6.07) is 0. The van der Waals surface area contributed by atoms with E-state index in [4.69, 9.17) is 5.73 Å². The molecule has 2 nitrogen and oxygen atoms in total. The highest BCUT2D eigenvalue weighted by Gasteiger charge is 2.18. The molecule has 0 aliphatic carbocycles. The minimum Gasteiger partial charge on any atom is -0.351 e. The van der Waals surface area contributed by atoms with Gasteiger partial charge in [0, 0.05) is 0 Å². The minimum atomic E-state index is 0.750. The molecule has 13 heavy (non-hydrogen) atoms.